The van der Waals surface area contributed by atoms with Gasteiger partial charge in [-0.3, -0.25) is 34.1 Å². The molecule has 2 saturated heterocycles. The Morgan fingerprint density at radius 1 is 0.794 bits per heavy atom. The molecule has 7 atom stereocenters. The molecule has 29 heteroatoms. The van der Waals surface area contributed by atoms with E-state index < -0.39 is 121 Å². The Kier molecular flexibility index (Phi) is 28.2. The quantitative estimate of drug-likeness (QED) is 0.0179. The topological polar surface area (TPSA) is 303 Å². The second kappa shape index (κ2) is 36.9. The minimum Gasteiger partial charge on any atom is -0.495 e. The number of amides is 8. The molecule has 3 N–H and O–H groups in total. The van der Waals surface area contributed by atoms with Crippen molar-refractivity contribution in [3.8, 4) is 16.9 Å². The smallest absolute Gasteiger partial charge is 0.424 e. The third kappa shape index (κ3) is 20.2. The number of fused-ring (bicyclic) bond motifs is 9. The van der Waals surface area contributed by atoms with Gasteiger partial charge < -0.3 is 77.4 Å². The van der Waals surface area contributed by atoms with Crippen LogP contribution < -0.4 is 20.3 Å². The molecule has 4 aliphatic rings. The third-order valence-electron chi connectivity index (χ3n) is 20.5. The van der Waals surface area contributed by atoms with Crippen LogP contribution in [0.4, 0.5) is 15.3 Å². The number of nitrogens with zero attached hydrogens (tertiary/aromatic N) is 8. The van der Waals surface area contributed by atoms with Gasteiger partial charge in [-0.15, -0.1) is 0 Å². The molecule has 4 bridgehead atoms. The molecule has 2 fully saturated rings. The predicted molar refractivity (Wildman–Crippen MR) is 399 cm³/mol. The molecule has 0 spiro atoms. The Hall–Kier alpha value is -9.42. The first-order valence-corrected chi connectivity index (χ1v) is 36.2. The van der Waals surface area contributed by atoms with Crippen LogP contribution in [-0.4, -0.2) is 257 Å². The van der Waals surface area contributed by atoms with Crippen molar-refractivity contribution in [2.75, 3.05) is 134 Å². The molecule has 4 aromatic carbocycles. The van der Waals surface area contributed by atoms with E-state index in [9.17, 15) is 48.3 Å². The summed E-state index contributed by atoms with van der Waals surface area (Å²) in [5.41, 5.74) is 5.12. The Balaban J connectivity index is 0.801. The molecule has 5 aromatic rings. The van der Waals surface area contributed by atoms with Gasteiger partial charge in [-0.2, -0.15) is 0 Å². The summed E-state index contributed by atoms with van der Waals surface area (Å²) in [6.45, 7) is 5.85. The largest absolute Gasteiger partial charge is 0.495 e. The van der Waals surface area contributed by atoms with Crippen LogP contribution in [0.3, 0.4) is 0 Å². The first-order chi connectivity index (χ1) is 51.1. The summed E-state index contributed by atoms with van der Waals surface area (Å²) in [6, 6.07) is 28.2. The van der Waals surface area contributed by atoms with Crippen molar-refractivity contribution < 1.29 is 86.2 Å². The van der Waals surface area contributed by atoms with E-state index in [4.69, 9.17) is 49.5 Å². The highest BCUT2D eigenvalue weighted by Gasteiger charge is 2.64. The number of benzene rings is 4. The standard InChI is InChI=1S/C78H101ClN10O18/c1-50-21-19-20-30-78(99)44-64(105-75(97)81-78)51(2)73-77(4,107-73)65(43-68(92)84(7)62-40-53(39-50)41-63(103-12)72(62)79)106-74(96)52(3)83(6)67(91)29-31-86(33-36-100-9)70(94)47-88(35-38-102-11)71(95)48-87(34-37-101-10)69(93)45-80-66(90)28-32-89-55(42-54-22-13-18-27-61(54)89)46-82(5)85(8)76(98)104-49-60-58-25-16-14-23-56(58)57-24-15-17-26-59(57)60/h13-27,40-42,51-52,60,64-65,73,99H,28-39,43-49H2,1-12H3,(H,80,90)(H,81,97)/b20-19+,50-21+/t51-,52+,64+,65+,73?,77+,78-/m1/s1. The van der Waals surface area contributed by atoms with Gasteiger partial charge >= 0.3 is 18.2 Å². The fourth-order valence-corrected chi connectivity index (χ4v) is 14.2. The Morgan fingerprint density at radius 2 is 1.41 bits per heavy atom. The number of allylic oxidation sites excluding steroid dienone is 3. The van der Waals surface area contributed by atoms with Crippen molar-refractivity contribution >= 4 is 81.8 Å². The highest BCUT2D eigenvalue weighted by molar-refractivity contribution is 6.35. The van der Waals surface area contributed by atoms with Crippen LogP contribution in [0, 0.1) is 5.92 Å². The number of hydrogen-bond donors (Lipinski definition) is 3. The molecule has 578 valence electrons. The number of esters is 1. The SMILES string of the molecule is COCCN(CCC(=O)N(C)[C@@H](C)C(=O)O[C@H]1CC(=O)N(C)c2cc(cc(OC)c2Cl)C/C(C)=C/C=C/C[C@@]2(O)C[C@H](OC(=O)N2)[C@@H](C)C2O[C@]21C)C(=O)CN(CCOC)C(=O)CN(CCOC)C(=O)CNC(=O)CCn1c(CN(C)N(C)C(=O)OCC2c3ccccc3-c3ccccc32)cc2ccccc21. The maximum atomic E-state index is 14.6. The van der Waals surface area contributed by atoms with E-state index in [1.165, 1.54) is 74.1 Å². The average Bonchev–Trinajstić information content (AvgIpc) is 1.58. The minimum atomic E-state index is -1.67. The van der Waals surface area contributed by atoms with E-state index in [1.807, 2.05) is 72.2 Å². The van der Waals surface area contributed by atoms with Crippen LogP contribution in [-0.2, 0) is 86.2 Å². The first kappa shape index (κ1) is 81.7. The highest BCUT2D eigenvalue weighted by Crippen LogP contribution is 2.50. The molecule has 3 aliphatic heterocycles. The van der Waals surface area contributed by atoms with E-state index >= 15 is 0 Å². The van der Waals surface area contributed by atoms with Crippen LogP contribution in [0.1, 0.15) is 88.1 Å². The van der Waals surface area contributed by atoms with Gasteiger partial charge in [0.25, 0.3) is 0 Å². The summed E-state index contributed by atoms with van der Waals surface area (Å²) in [4.78, 5) is 133. The van der Waals surface area contributed by atoms with Crippen molar-refractivity contribution in [1.82, 2.24) is 44.8 Å². The molecular weight excluding hydrogens is 1400 g/mol. The number of halogens is 1. The number of methoxy groups -OCH3 is 4. The van der Waals surface area contributed by atoms with Gasteiger partial charge in [0.2, 0.25) is 35.4 Å². The zero-order valence-corrected chi connectivity index (χ0v) is 63.9. The zero-order valence-electron chi connectivity index (χ0n) is 63.1. The monoisotopic (exact) mass is 1500 g/mol. The van der Waals surface area contributed by atoms with Crippen LogP contribution >= 0.6 is 11.6 Å². The summed E-state index contributed by atoms with van der Waals surface area (Å²) >= 11 is 6.88. The fourth-order valence-electron chi connectivity index (χ4n) is 13.8. The highest BCUT2D eigenvalue weighted by atomic mass is 35.5. The van der Waals surface area contributed by atoms with Gasteiger partial charge in [0.1, 0.15) is 47.0 Å². The number of epoxide rings is 1. The Bertz CT molecular complexity index is 4070. The van der Waals surface area contributed by atoms with E-state index in [2.05, 4.69) is 34.9 Å². The van der Waals surface area contributed by atoms with Crippen LogP contribution in [0.15, 0.2) is 115 Å². The Morgan fingerprint density at radius 3 is 2.07 bits per heavy atom. The van der Waals surface area contributed by atoms with Gasteiger partial charge in [0.05, 0.1) is 71.3 Å². The molecule has 0 saturated carbocycles. The lowest BCUT2D eigenvalue weighted by Crippen LogP contribution is -2.57. The number of alkyl carbamates (subject to hydrolysis) is 1. The summed E-state index contributed by atoms with van der Waals surface area (Å²) in [7, 11) is 12.1. The number of hydrazine groups is 1. The van der Waals surface area contributed by atoms with Gasteiger partial charge in [-0.1, -0.05) is 109 Å². The van der Waals surface area contributed by atoms with Crippen LogP contribution in [0.25, 0.3) is 22.0 Å². The third-order valence-corrected chi connectivity index (χ3v) is 20.9. The van der Waals surface area contributed by atoms with E-state index in [0.717, 1.165) is 54.9 Å². The zero-order chi connectivity index (χ0) is 77.4. The lowest BCUT2D eigenvalue weighted by molar-refractivity contribution is -0.162. The number of likely N-dealkylation sites (N-methyl/N-ethyl adjacent to an activating group) is 1. The Labute approximate surface area is 629 Å². The van der Waals surface area contributed by atoms with Gasteiger partial charge in [-0.05, 0) is 84.7 Å². The number of anilines is 1. The number of nitrogens with one attached hydrogen (secondary N) is 2. The second-order valence-corrected chi connectivity index (χ2v) is 28.2. The summed E-state index contributed by atoms with van der Waals surface area (Å²) in [5.74, 6) is -4.58. The molecule has 0 radical (unpaired) electrons. The summed E-state index contributed by atoms with van der Waals surface area (Å²) in [6.07, 6.45) is 0.839. The molecular formula is C78H101ClN10O18. The first-order valence-electron chi connectivity index (χ1n) is 35.9. The predicted octanol–water partition coefficient (Wildman–Crippen LogP) is 7.09. The second-order valence-electron chi connectivity index (χ2n) is 27.9. The van der Waals surface area contributed by atoms with Crippen LogP contribution in [0.5, 0.6) is 5.75 Å². The molecule has 4 heterocycles. The number of carbonyl (C=O) groups is 9. The maximum Gasteiger partial charge on any atom is 0.424 e. The van der Waals surface area contributed by atoms with E-state index in [0.29, 0.717) is 17.9 Å². The van der Waals surface area contributed by atoms with Crippen molar-refractivity contribution in [3.63, 3.8) is 0 Å². The average molecular weight is 1500 g/mol. The minimum absolute atomic E-state index is 0.00249. The number of hydrogen-bond acceptors (Lipinski definition) is 19. The van der Waals surface area contributed by atoms with E-state index in [-0.39, 0.29) is 102 Å². The number of aromatic nitrogens is 1. The normalized spacial score (nSPS) is 20.9. The van der Waals surface area contributed by atoms with Crippen molar-refractivity contribution in [3.05, 3.63) is 142 Å². The molecule has 9 rings (SSSR count). The number of aryl methyl sites for hydroxylation is 1. The van der Waals surface area contributed by atoms with Crippen molar-refractivity contribution in [2.24, 2.45) is 5.92 Å². The number of carbonyl (C=O) groups excluding carboxylic acids is 9. The number of para-hydroxylation sites is 1. The van der Waals surface area contributed by atoms with Crippen LogP contribution in [0.2, 0.25) is 5.02 Å². The molecule has 8 amide bonds. The molecule has 1 unspecified atom stereocenters. The number of rotatable bonds is 30. The molecule has 28 nitrogen and oxygen atoms in total. The molecule has 1 aliphatic carbocycles. The van der Waals surface area contributed by atoms with Crippen molar-refractivity contribution in [2.45, 2.75) is 121 Å². The van der Waals surface area contributed by atoms with Gasteiger partial charge in [-0.25, -0.2) is 24.4 Å². The lowest BCUT2D eigenvalue weighted by atomic mass is 9.84. The van der Waals surface area contributed by atoms with E-state index in [1.54, 1.807) is 57.2 Å². The lowest BCUT2D eigenvalue weighted by Gasteiger charge is -2.39. The maximum absolute atomic E-state index is 14.6. The van der Waals surface area contributed by atoms with Gasteiger partial charge in [0, 0.05) is 131 Å². The summed E-state index contributed by atoms with van der Waals surface area (Å²) < 4.78 is 47.9. The summed E-state index contributed by atoms with van der Waals surface area (Å²) in [5, 5.41) is 21.2. The number of ether oxygens (including phenoxy) is 8. The number of aliphatic hydroxyl groups is 1. The van der Waals surface area contributed by atoms with Gasteiger partial charge in [0.15, 0.2) is 0 Å². The molecule has 1 aromatic heterocycles. The fraction of sp³-hybridized carbons (Fsp3) is 0.500. The molecule has 107 heavy (non-hydrogen) atoms. The van der Waals surface area contributed by atoms with Crippen molar-refractivity contribution in [1.29, 1.82) is 0 Å².